The van der Waals surface area contributed by atoms with Crippen LogP contribution in [0.5, 0.6) is 5.88 Å². The zero-order valence-corrected chi connectivity index (χ0v) is 15.9. The summed E-state index contributed by atoms with van der Waals surface area (Å²) in [4.78, 5) is 16.1. The van der Waals surface area contributed by atoms with Gasteiger partial charge in [0.05, 0.1) is 25.9 Å². The van der Waals surface area contributed by atoms with Gasteiger partial charge in [-0.1, -0.05) is 13.3 Å². The molecule has 0 radical (unpaired) electrons. The quantitative estimate of drug-likeness (QED) is 0.709. The molecule has 1 aromatic heterocycles. The molecule has 1 unspecified atom stereocenters. The van der Waals surface area contributed by atoms with Crippen LogP contribution in [0.4, 0.5) is 0 Å². The number of Topliss-reactive ketones (excluding diaryl/α,β-unsaturated/α-hetero) is 1. The van der Waals surface area contributed by atoms with Crippen LogP contribution in [0.15, 0.2) is 16.4 Å². The molecule has 0 aromatic carbocycles. The van der Waals surface area contributed by atoms with Gasteiger partial charge in [0.25, 0.3) is 5.88 Å². The molecular formula is C20H26N2O5. The fraction of sp³-hybridized carbons (Fsp3) is 0.700. The largest absolute Gasteiger partial charge is 0.498 e. The molecule has 0 N–H and O–H groups in total. The lowest BCUT2D eigenvalue weighted by Crippen LogP contribution is -2.54. The fourth-order valence-corrected chi connectivity index (χ4v) is 5.25. The molecule has 4 aliphatic rings. The van der Waals surface area contributed by atoms with E-state index < -0.39 is 5.60 Å². The molecule has 2 bridgehead atoms. The van der Waals surface area contributed by atoms with E-state index in [2.05, 4.69) is 17.0 Å². The molecule has 5 rings (SSSR count). The summed E-state index contributed by atoms with van der Waals surface area (Å²) in [6.45, 7) is 4.60. The van der Waals surface area contributed by atoms with E-state index >= 15 is 0 Å². The monoisotopic (exact) mass is 374 g/mol. The molecule has 4 heterocycles. The highest BCUT2D eigenvalue weighted by atomic mass is 16.6. The zero-order valence-electron chi connectivity index (χ0n) is 15.9. The van der Waals surface area contributed by atoms with Crippen LogP contribution >= 0.6 is 0 Å². The van der Waals surface area contributed by atoms with Crippen molar-refractivity contribution in [1.82, 2.24) is 10.1 Å². The van der Waals surface area contributed by atoms with Crippen molar-refractivity contribution >= 4 is 5.78 Å². The SMILES string of the molecule is CCCCOc1noc2c1C(=O)[C@@]13O[C@@H](C=C1OC)CC3[C@@H]2N1CCCC1. The molecule has 0 amide bonds. The van der Waals surface area contributed by atoms with Crippen LogP contribution < -0.4 is 4.74 Å². The molecule has 0 saturated carbocycles. The number of aromatic nitrogens is 1. The lowest BCUT2D eigenvalue weighted by atomic mass is 9.67. The first-order valence-electron chi connectivity index (χ1n) is 10.1. The van der Waals surface area contributed by atoms with Gasteiger partial charge in [-0.15, -0.1) is 0 Å². The Morgan fingerprint density at radius 1 is 1.37 bits per heavy atom. The Balaban J connectivity index is 1.61. The second-order valence-corrected chi connectivity index (χ2v) is 7.92. The summed E-state index contributed by atoms with van der Waals surface area (Å²) >= 11 is 0. The number of rotatable bonds is 6. The maximum absolute atomic E-state index is 13.7. The highest BCUT2D eigenvalue weighted by Crippen LogP contribution is 2.60. The third-order valence-electron chi connectivity index (χ3n) is 6.44. The number of fused-ring (bicyclic) bond motifs is 2. The Morgan fingerprint density at radius 3 is 2.93 bits per heavy atom. The van der Waals surface area contributed by atoms with Gasteiger partial charge in [0, 0.05) is 5.92 Å². The van der Waals surface area contributed by atoms with E-state index in [1.807, 2.05) is 6.08 Å². The molecular weight excluding hydrogens is 348 g/mol. The third kappa shape index (κ3) is 2.27. The van der Waals surface area contributed by atoms with Gasteiger partial charge in [-0.05, 0) is 50.0 Å². The van der Waals surface area contributed by atoms with Crippen LogP contribution in [-0.4, -0.2) is 54.4 Å². The first-order valence-corrected chi connectivity index (χ1v) is 10.1. The normalized spacial score (nSPS) is 34.5. The molecule has 2 saturated heterocycles. The van der Waals surface area contributed by atoms with Crippen molar-refractivity contribution in [3.63, 3.8) is 0 Å². The molecule has 4 atom stereocenters. The van der Waals surface area contributed by atoms with E-state index in [4.69, 9.17) is 18.7 Å². The Hall–Kier alpha value is -1.86. The van der Waals surface area contributed by atoms with Gasteiger partial charge in [0.15, 0.2) is 11.4 Å². The molecule has 7 nitrogen and oxygen atoms in total. The Kier molecular flexibility index (Phi) is 4.05. The number of likely N-dealkylation sites (tertiary alicyclic amines) is 1. The number of ether oxygens (including phenoxy) is 3. The minimum Gasteiger partial charge on any atom is -0.498 e. The molecule has 3 aliphatic heterocycles. The fourth-order valence-electron chi connectivity index (χ4n) is 5.25. The van der Waals surface area contributed by atoms with Crippen LogP contribution in [0.2, 0.25) is 0 Å². The number of hydrogen-bond acceptors (Lipinski definition) is 7. The zero-order chi connectivity index (χ0) is 18.6. The topological polar surface area (TPSA) is 74.0 Å². The molecule has 1 aromatic rings. The van der Waals surface area contributed by atoms with E-state index in [1.165, 1.54) is 0 Å². The number of ketones is 1. The van der Waals surface area contributed by atoms with Crippen LogP contribution in [0.3, 0.4) is 0 Å². The van der Waals surface area contributed by atoms with Gasteiger partial charge in [-0.25, -0.2) is 0 Å². The average Bonchev–Trinajstić information content (AvgIpc) is 3.45. The van der Waals surface area contributed by atoms with Crippen molar-refractivity contribution in [1.29, 1.82) is 0 Å². The van der Waals surface area contributed by atoms with E-state index in [9.17, 15) is 4.79 Å². The highest BCUT2D eigenvalue weighted by molar-refractivity contribution is 6.09. The van der Waals surface area contributed by atoms with Crippen LogP contribution in [0, 0.1) is 5.92 Å². The molecule has 2 fully saturated rings. The number of hydrogen-bond donors (Lipinski definition) is 0. The Bertz CT molecular complexity index is 781. The molecule has 146 valence electrons. The third-order valence-corrected chi connectivity index (χ3v) is 6.44. The summed E-state index contributed by atoms with van der Waals surface area (Å²) < 4.78 is 23.4. The number of carbonyl (C=O) groups is 1. The molecule has 7 heteroatoms. The van der Waals surface area contributed by atoms with Crippen LogP contribution in [0.25, 0.3) is 0 Å². The van der Waals surface area contributed by atoms with E-state index in [-0.39, 0.29) is 23.8 Å². The average molecular weight is 374 g/mol. The van der Waals surface area contributed by atoms with Crippen molar-refractivity contribution in [3.8, 4) is 5.88 Å². The van der Waals surface area contributed by atoms with Crippen LogP contribution in [-0.2, 0) is 9.47 Å². The minimum atomic E-state index is -1.06. The maximum Gasteiger partial charge on any atom is 0.265 e. The maximum atomic E-state index is 13.7. The molecule has 1 spiro atoms. The minimum absolute atomic E-state index is 0.0167. The summed E-state index contributed by atoms with van der Waals surface area (Å²) in [5.74, 6) is 1.44. The Labute approximate surface area is 158 Å². The molecule has 27 heavy (non-hydrogen) atoms. The number of methoxy groups -OCH3 is 1. The Morgan fingerprint density at radius 2 is 2.19 bits per heavy atom. The molecule has 1 aliphatic carbocycles. The summed E-state index contributed by atoms with van der Waals surface area (Å²) in [7, 11) is 1.61. The smallest absolute Gasteiger partial charge is 0.265 e. The second-order valence-electron chi connectivity index (χ2n) is 7.92. The van der Waals surface area contributed by atoms with E-state index in [0.29, 0.717) is 29.6 Å². The summed E-state index contributed by atoms with van der Waals surface area (Å²) in [6.07, 6.45) is 6.89. The van der Waals surface area contributed by atoms with Gasteiger partial charge < -0.3 is 18.7 Å². The lowest BCUT2D eigenvalue weighted by Gasteiger charge is -2.43. The second kappa shape index (κ2) is 6.34. The number of unbranched alkanes of at least 4 members (excludes halogenated alkanes) is 1. The predicted molar refractivity (Wildman–Crippen MR) is 95.6 cm³/mol. The van der Waals surface area contributed by atoms with Crippen molar-refractivity contribution in [2.24, 2.45) is 5.92 Å². The van der Waals surface area contributed by atoms with Crippen molar-refractivity contribution < 1.29 is 23.5 Å². The standard InChI is InChI=1S/C20H26N2O5/c1-3-4-9-25-19-15-17(27-21-19)16(22-7-5-6-8-22)13-10-12-11-14(24-2)20(13,26-12)18(15)23/h11-13,16H,3-10H2,1-2H3/t12-,13?,16+,20+/m1/s1. The van der Waals surface area contributed by atoms with E-state index in [1.54, 1.807) is 7.11 Å². The number of carbonyl (C=O) groups excluding carboxylic acids is 1. The predicted octanol–water partition coefficient (Wildman–Crippen LogP) is 2.87. The first kappa shape index (κ1) is 17.3. The van der Waals surface area contributed by atoms with E-state index in [0.717, 1.165) is 45.2 Å². The summed E-state index contributed by atoms with van der Waals surface area (Å²) in [6, 6.07) is -0.0277. The van der Waals surface area contributed by atoms with Gasteiger partial charge >= 0.3 is 0 Å². The van der Waals surface area contributed by atoms with Crippen LogP contribution in [0.1, 0.15) is 61.2 Å². The van der Waals surface area contributed by atoms with Gasteiger partial charge in [-0.3, -0.25) is 9.69 Å². The summed E-state index contributed by atoms with van der Waals surface area (Å²) in [5, 5.41) is 4.14. The van der Waals surface area contributed by atoms with Crippen molar-refractivity contribution in [3.05, 3.63) is 23.2 Å². The highest BCUT2D eigenvalue weighted by Gasteiger charge is 2.68. The van der Waals surface area contributed by atoms with Gasteiger partial charge in [0.1, 0.15) is 11.3 Å². The number of nitrogens with zero attached hydrogens (tertiary/aromatic N) is 2. The van der Waals surface area contributed by atoms with Gasteiger partial charge in [0.2, 0.25) is 5.78 Å². The van der Waals surface area contributed by atoms with Crippen molar-refractivity contribution in [2.45, 2.75) is 56.8 Å². The summed E-state index contributed by atoms with van der Waals surface area (Å²) in [5.41, 5.74) is -0.613. The van der Waals surface area contributed by atoms with Crippen molar-refractivity contribution in [2.75, 3.05) is 26.8 Å². The first-order chi connectivity index (χ1) is 13.2. The lowest BCUT2D eigenvalue weighted by molar-refractivity contribution is -0.0339. The van der Waals surface area contributed by atoms with Gasteiger partial charge in [-0.2, -0.15) is 0 Å².